The van der Waals surface area contributed by atoms with Crippen LogP contribution in [0.5, 0.6) is 0 Å². The second-order valence-corrected chi connectivity index (χ2v) is 7.76. The fourth-order valence-corrected chi connectivity index (χ4v) is 3.83. The van der Waals surface area contributed by atoms with Gasteiger partial charge in [0.05, 0.1) is 5.56 Å². The molecule has 1 unspecified atom stereocenters. The number of aliphatic hydroxyl groups is 1. The number of hydrogen-bond acceptors (Lipinski definition) is 4. The summed E-state index contributed by atoms with van der Waals surface area (Å²) < 4.78 is 0. The van der Waals surface area contributed by atoms with Crippen molar-refractivity contribution in [3.05, 3.63) is 65.0 Å². The van der Waals surface area contributed by atoms with Crippen LogP contribution >= 0.6 is 0 Å². The third-order valence-corrected chi connectivity index (χ3v) is 5.50. The van der Waals surface area contributed by atoms with Crippen molar-refractivity contribution >= 4 is 6.09 Å². The Morgan fingerprint density at radius 2 is 1.89 bits per heavy atom. The highest BCUT2D eigenvalue weighted by Gasteiger charge is 2.57. The van der Waals surface area contributed by atoms with Crippen LogP contribution in [0.2, 0.25) is 0 Å². The summed E-state index contributed by atoms with van der Waals surface area (Å²) in [6.45, 7) is 6.45. The first-order valence-electron chi connectivity index (χ1n) is 8.87. The second-order valence-electron chi connectivity index (χ2n) is 7.76. The number of benzene rings is 1. The first-order valence-corrected chi connectivity index (χ1v) is 8.87. The van der Waals surface area contributed by atoms with Gasteiger partial charge >= 0.3 is 6.09 Å². The van der Waals surface area contributed by atoms with E-state index in [9.17, 15) is 20.3 Å². The van der Waals surface area contributed by atoms with Crippen molar-refractivity contribution in [2.75, 3.05) is 13.1 Å². The summed E-state index contributed by atoms with van der Waals surface area (Å²) in [5.74, 6) is 0.359. The van der Waals surface area contributed by atoms with Gasteiger partial charge in [0.15, 0.2) is 0 Å². The highest BCUT2D eigenvalue weighted by atomic mass is 16.4. The Morgan fingerprint density at radius 1 is 1.26 bits per heavy atom. The van der Waals surface area contributed by atoms with Crippen molar-refractivity contribution in [2.45, 2.75) is 32.3 Å². The van der Waals surface area contributed by atoms with E-state index in [1.165, 1.54) is 11.1 Å². The van der Waals surface area contributed by atoms with E-state index in [0.717, 1.165) is 5.56 Å². The maximum Gasteiger partial charge on any atom is 0.407 e. The first kappa shape index (κ1) is 18.9. The average Bonchev–Trinajstić information content (AvgIpc) is 2.64. The third kappa shape index (κ3) is 3.04. The zero-order chi connectivity index (χ0) is 19.8. The van der Waals surface area contributed by atoms with Crippen LogP contribution in [0.1, 0.15) is 48.9 Å². The fraction of sp³-hybridized carbons (Fsp3) is 0.381. The highest BCUT2D eigenvalue weighted by Crippen LogP contribution is 2.50. The summed E-state index contributed by atoms with van der Waals surface area (Å²) in [5, 5.41) is 30.4. The molecule has 6 nitrogen and oxygen atoms in total. The van der Waals surface area contributed by atoms with Gasteiger partial charge in [-0.05, 0) is 23.1 Å². The number of carboxylic acid groups (broad SMARTS) is 1. The monoisotopic (exact) mass is 365 g/mol. The second kappa shape index (κ2) is 6.67. The Labute approximate surface area is 158 Å². The molecule has 1 atom stereocenters. The Hall–Kier alpha value is -2.91. The Bertz CT molecular complexity index is 896. The van der Waals surface area contributed by atoms with Gasteiger partial charge in [0.1, 0.15) is 11.7 Å². The van der Waals surface area contributed by atoms with E-state index in [0.29, 0.717) is 22.6 Å². The maximum atomic E-state index is 11.9. The van der Waals surface area contributed by atoms with Crippen molar-refractivity contribution in [3.8, 4) is 6.07 Å². The molecule has 1 saturated heterocycles. The minimum atomic E-state index is -1.46. The van der Waals surface area contributed by atoms with Gasteiger partial charge in [0, 0.05) is 36.5 Å². The SMILES string of the molecule is CC(C)c1ccc(C(O)(c2cncc(C#N)c2)C2(C)CN(C(=O)O)C2)cc1. The van der Waals surface area contributed by atoms with Crippen molar-refractivity contribution in [1.82, 2.24) is 9.88 Å². The lowest BCUT2D eigenvalue weighted by Crippen LogP contribution is -2.66. The summed E-state index contributed by atoms with van der Waals surface area (Å²) in [6, 6.07) is 11.4. The lowest BCUT2D eigenvalue weighted by Gasteiger charge is -2.55. The number of rotatable bonds is 4. The molecule has 3 rings (SSSR count). The number of aromatic nitrogens is 1. The summed E-state index contributed by atoms with van der Waals surface area (Å²) >= 11 is 0. The van der Waals surface area contributed by atoms with Gasteiger partial charge in [-0.25, -0.2) is 4.79 Å². The zero-order valence-corrected chi connectivity index (χ0v) is 15.7. The molecule has 1 amide bonds. The zero-order valence-electron chi connectivity index (χ0n) is 15.7. The van der Waals surface area contributed by atoms with Crippen LogP contribution in [0.3, 0.4) is 0 Å². The summed E-state index contributed by atoms with van der Waals surface area (Å²) in [6.07, 6.45) is 1.98. The molecule has 0 saturated carbocycles. The van der Waals surface area contributed by atoms with Crippen molar-refractivity contribution in [2.24, 2.45) is 5.41 Å². The molecule has 1 fully saturated rings. The smallest absolute Gasteiger partial charge is 0.407 e. The molecule has 2 N–H and O–H groups in total. The van der Waals surface area contributed by atoms with Crippen molar-refractivity contribution < 1.29 is 15.0 Å². The minimum Gasteiger partial charge on any atom is -0.465 e. The predicted octanol–water partition coefficient (Wildman–Crippen LogP) is 3.31. The van der Waals surface area contributed by atoms with Crippen LogP contribution < -0.4 is 0 Å². The lowest BCUT2D eigenvalue weighted by molar-refractivity contribution is -0.124. The summed E-state index contributed by atoms with van der Waals surface area (Å²) in [7, 11) is 0. The molecule has 27 heavy (non-hydrogen) atoms. The van der Waals surface area contributed by atoms with Crippen LogP contribution in [-0.4, -0.2) is 39.3 Å². The number of carbonyl (C=O) groups is 1. The predicted molar refractivity (Wildman–Crippen MR) is 100 cm³/mol. The Morgan fingerprint density at radius 3 is 2.41 bits per heavy atom. The normalized spacial score (nSPS) is 17.7. The third-order valence-electron chi connectivity index (χ3n) is 5.50. The van der Waals surface area contributed by atoms with Gasteiger partial charge in [-0.2, -0.15) is 5.26 Å². The Kier molecular flexibility index (Phi) is 4.66. The molecule has 1 aliphatic rings. The molecule has 0 aliphatic carbocycles. The molecule has 0 bridgehead atoms. The number of likely N-dealkylation sites (tertiary alicyclic amines) is 1. The van der Waals surface area contributed by atoms with Crippen molar-refractivity contribution in [3.63, 3.8) is 0 Å². The van der Waals surface area contributed by atoms with E-state index >= 15 is 0 Å². The van der Waals surface area contributed by atoms with Crippen LogP contribution in [0.15, 0.2) is 42.7 Å². The maximum absolute atomic E-state index is 11.9. The number of nitriles is 1. The molecular weight excluding hydrogens is 342 g/mol. The molecular formula is C21H23N3O3. The first-order chi connectivity index (χ1) is 12.7. The topological polar surface area (TPSA) is 97.5 Å². The van der Waals surface area contributed by atoms with Crippen LogP contribution in [0.4, 0.5) is 4.79 Å². The van der Waals surface area contributed by atoms with Crippen LogP contribution in [-0.2, 0) is 5.60 Å². The van der Waals surface area contributed by atoms with Gasteiger partial charge in [-0.15, -0.1) is 0 Å². The van der Waals surface area contributed by atoms with E-state index < -0.39 is 17.1 Å². The average molecular weight is 365 g/mol. The van der Waals surface area contributed by atoms with Gasteiger partial charge in [-0.3, -0.25) is 4.98 Å². The molecule has 1 aliphatic heterocycles. The molecule has 0 spiro atoms. The molecule has 0 radical (unpaired) electrons. The van der Waals surface area contributed by atoms with Gasteiger partial charge in [0.2, 0.25) is 0 Å². The minimum absolute atomic E-state index is 0.196. The number of amides is 1. The molecule has 6 heteroatoms. The molecule has 1 aromatic carbocycles. The van der Waals surface area contributed by atoms with E-state index in [-0.39, 0.29) is 13.1 Å². The van der Waals surface area contributed by atoms with Gasteiger partial charge in [-0.1, -0.05) is 45.0 Å². The lowest BCUT2D eigenvalue weighted by atomic mass is 9.62. The van der Waals surface area contributed by atoms with Crippen molar-refractivity contribution in [1.29, 1.82) is 5.26 Å². The van der Waals surface area contributed by atoms with E-state index in [1.807, 2.05) is 31.2 Å². The van der Waals surface area contributed by atoms with Crippen LogP contribution in [0.25, 0.3) is 0 Å². The standard InChI is InChI=1S/C21H23N3O3/c1-14(2)16-4-6-17(7-5-16)21(27,18-8-15(9-22)10-23-11-18)20(3)12-24(13-20)19(25)26/h4-8,10-11,14,27H,12-13H2,1-3H3,(H,25,26). The van der Waals surface area contributed by atoms with Gasteiger partial charge < -0.3 is 15.1 Å². The Balaban J connectivity index is 2.12. The fourth-order valence-electron chi connectivity index (χ4n) is 3.83. The van der Waals surface area contributed by atoms with Gasteiger partial charge in [0.25, 0.3) is 0 Å². The summed E-state index contributed by atoms with van der Waals surface area (Å²) in [5.41, 5.74) is 0.454. The number of hydrogen-bond donors (Lipinski definition) is 2. The summed E-state index contributed by atoms with van der Waals surface area (Å²) in [4.78, 5) is 16.7. The van der Waals surface area contributed by atoms with E-state index in [2.05, 4.69) is 24.9 Å². The molecule has 140 valence electrons. The quantitative estimate of drug-likeness (QED) is 0.866. The largest absolute Gasteiger partial charge is 0.465 e. The molecule has 2 heterocycles. The highest BCUT2D eigenvalue weighted by molar-refractivity contribution is 5.67. The van der Waals surface area contributed by atoms with Crippen LogP contribution in [0, 0.1) is 16.7 Å². The number of nitrogens with zero attached hydrogens (tertiary/aromatic N) is 3. The molecule has 1 aromatic heterocycles. The van der Waals surface area contributed by atoms with E-state index in [1.54, 1.807) is 12.3 Å². The molecule has 2 aromatic rings. The number of pyridine rings is 1. The van der Waals surface area contributed by atoms with E-state index in [4.69, 9.17) is 0 Å².